The van der Waals surface area contributed by atoms with Gasteiger partial charge in [0.05, 0.1) is 12.4 Å². The molecular weight excluding hydrogens is 350 g/mol. The number of halogens is 2. The van der Waals surface area contributed by atoms with Crippen molar-refractivity contribution >= 4 is 15.7 Å². The first-order valence-electron chi connectivity index (χ1n) is 7.95. The standard InChI is InChI=1S/C16H20F2N4O2S/c1-12-3-5-14(6-4-12)21-8-7-20(10-13(21)2)25(23,24)15-9-19-22(11-15)16(17)18/h3-6,9,11,13,16H,7-8,10H2,1-2H3/t13-/m0/s1. The number of alkyl halides is 2. The smallest absolute Gasteiger partial charge is 0.333 e. The molecule has 0 aliphatic carbocycles. The van der Waals surface area contributed by atoms with E-state index in [1.54, 1.807) is 0 Å². The van der Waals surface area contributed by atoms with Crippen LogP contribution in [-0.4, -0.2) is 48.2 Å². The number of sulfonamides is 1. The van der Waals surface area contributed by atoms with Gasteiger partial charge >= 0.3 is 6.55 Å². The largest absolute Gasteiger partial charge is 0.366 e. The summed E-state index contributed by atoms with van der Waals surface area (Å²) in [6.07, 6.45) is 1.84. The van der Waals surface area contributed by atoms with Gasteiger partial charge in [-0.3, -0.25) is 0 Å². The molecule has 3 rings (SSSR count). The number of benzene rings is 1. The fraction of sp³-hybridized carbons (Fsp3) is 0.438. The summed E-state index contributed by atoms with van der Waals surface area (Å²) in [6, 6.07) is 8.04. The molecule has 1 aromatic carbocycles. The lowest BCUT2D eigenvalue weighted by Crippen LogP contribution is -2.53. The molecule has 1 aliphatic heterocycles. The predicted molar refractivity (Wildman–Crippen MR) is 90.2 cm³/mol. The van der Waals surface area contributed by atoms with E-state index in [1.807, 2.05) is 38.1 Å². The zero-order valence-corrected chi connectivity index (χ0v) is 14.8. The monoisotopic (exact) mass is 370 g/mol. The summed E-state index contributed by atoms with van der Waals surface area (Å²) in [5.41, 5.74) is 2.20. The minimum Gasteiger partial charge on any atom is -0.366 e. The zero-order chi connectivity index (χ0) is 18.2. The third kappa shape index (κ3) is 3.52. The number of nitrogens with zero attached hydrogens (tertiary/aromatic N) is 4. The molecule has 1 atom stereocenters. The van der Waals surface area contributed by atoms with Crippen LogP contribution in [0, 0.1) is 6.92 Å². The molecule has 1 fully saturated rings. The highest BCUT2D eigenvalue weighted by atomic mass is 32.2. The van der Waals surface area contributed by atoms with E-state index in [1.165, 1.54) is 4.31 Å². The fourth-order valence-corrected chi connectivity index (χ4v) is 4.43. The maximum atomic E-state index is 12.7. The van der Waals surface area contributed by atoms with E-state index in [9.17, 15) is 17.2 Å². The van der Waals surface area contributed by atoms with Crippen LogP contribution in [-0.2, 0) is 10.0 Å². The molecule has 1 saturated heterocycles. The minimum absolute atomic E-state index is 0.0311. The van der Waals surface area contributed by atoms with Gasteiger partial charge in [0.1, 0.15) is 4.90 Å². The summed E-state index contributed by atoms with van der Waals surface area (Å²) in [5.74, 6) is 0. The van der Waals surface area contributed by atoms with Crippen molar-refractivity contribution in [3.8, 4) is 0 Å². The first-order chi connectivity index (χ1) is 11.8. The fourth-order valence-electron chi connectivity index (χ4n) is 2.97. The molecule has 2 heterocycles. The van der Waals surface area contributed by atoms with Gasteiger partial charge in [0.25, 0.3) is 0 Å². The van der Waals surface area contributed by atoms with Gasteiger partial charge in [0, 0.05) is 31.4 Å². The molecule has 0 radical (unpaired) electrons. The highest BCUT2D eigenvalue weighted by Gasteiger charge is 2.33. The van der Waals surface area contributed by atoms with Crippen molar-refractivity contribution < 1.29 is 17.2 Å². The summed E-state index contributed by atoms with van der Waals surface area (Å²) >= 11 is 0. The number of aromatic nitrogens is 2. The third-order valence-electron chi connectivity index (χ3n) is 4.37. The Morgan fingerprint density at radius 2 is 1.88 bits per heavy atom. The first-order valence-corrected chi connectivity index (χ1v) is 9.39. The summed E-state index contributed by atoms with van der Waals surface area (Å²) in [6.45, 7) is 2.21. The summed E-state index contributed by atoms with van der Waals surface area (Å²) in [7, 11) is -3.83. The summed E-state index contributed by atoms with van der Waals surface area (Å²) in [4.78, 5) is 1.94. The second-order valence-electron chi connectivity index (χ2n) is 6.17. The van der Waals surface area contributed by atoms with Gasteiger partial charge < -0.3 is 4.90 Å². The lowest BCUT2D eigenvalue weighted by atomic mass is 10.1. The van der Waals surface area contributed by atoms with Gasteiger partial charge in [-0.1, -0.05) is 17.7 Å². The normalized spacial score (nSPS) is 19.6. The van der Waals surface area contributed by atoms with E-state index >= 15 is 0 Å². The Morgan fingerprint density at radius 1 is 1.20 bits per heavy atom. The number of rotatable bonds is 4. The van der Waals surface area contributed by atoms with Crippen LogP contribution in [0.15, 0.2) is 41.6 Å². The predicted octanol–water partition coefficient (Wildman–Crippen LogP) is 2.49. The molecule has 0 spiro atoms. The van der Waals surface area contributed by atoms with Crippen LogP contribution in [0.1, 0.15) is 19.0 Å². The minimum atomic E-state index is -3.83. The quantitative estimate of drug-likeness (QED) is 0.830. The molecule has 0 N–H and O–H groups in total. The summed E-state index contributed by atoms with van der Waals surface area (Å²) < 4.78 is 52.3. The van der Waals surface area contributed by atoms with Crippen molar-refractivity contribution in [3.05, 3.63) is 42.2 Å². The summed E-state index contributed by atoms with van der Waals surface area (Å²) in [5, 5.41) is 3.42. The maximum Gasteiger partial charge on any atom is 0.333 e. The van der Waals surface area contributed by atoms with Crippen LogP contribution in [0.4, 0.5) is 14.5 Å². The number of hydrogen-bond acceptors (Lipinski definition) is 4. The van der Waals surface area contributed by atoms with Gasteiger partial charge in [-0.05, 0) is 26.0 Å². The average molecular weight is 370 g/mol. The van der Waals surface area contributed by atoms with Crippen molar-refractivity contribution in [2.45, 2.75) is 31.3 Å². The van der Waals surface area contributed by atoms with Gasteiger partial charge in [-0.25, -0.2) is 13.1 Å². The van der Waals surface area contributed by atoms with Crippen molar-refractivity contribution in [2.24, 2.45) is 0 Å². The molecule has 0 saturated carbocycles. The topological polar surface area (TPSA) is 58.4 Å². The van der Waals surface area contributed by atoms with Crippen LogP contribution in [0.5, 0.6) is 0 Å². The van der Waals surface area contributed by atoms with Crippen molar-refractivity contribution in [3.63, 3.8) is 0 Å². The van der Waals surface area contributed by atoms with E-state index in [0.29, 0.717) is 17.8 Å². The molecule has 0 amide bonds. The number of aryl methyl sites for hydroxylation is 1. The van der Waals surface area contributed by atoms with Gasteiger partial charge in [0.15, 0.2) is 0 Å². The van der Waals surface area contributed by atoms with Crippen LogP contribution in [0.25, 0.3) is 0 Å². The number of piperazine rings is 1. The van der Waals surface area contributed by atoms with E-state index in [2.05, 4.69) is 10.00 Å². The van der Waals surface area contributed by atoms with E-state index in [-0.39, 0.29) is 17.5 Å². The van der Waals surface area contributed by atoms with Crippen molar-refractivity contribution in [1.82, 2.24) is 14.1 Å². The Balaban J connectivity index is 1.76. The first kappa shape index (κ1) is 17.8. The zero-order valence-electron chi connectivity index (χ0n) is 14.0. The molecule has 0 unspecified atom stereocenters. The number of hydrogen-bond donors (Lipinski definition) is 0. The van der Waals surface area contributed by atoms with Crippen molar-refractivity contribution in [2.75, 3.05) is 24.5 Å². The molecule has 1 aliphatic rings. The molecule has 1 aromatic heterocycles. The average Bonchev–Trinajstić information content (AvgIpc) is 3.07. The molecule has 0 bridgehead atoms. The highest BCUT2D eigenvalue weighted by molar-refractivity contribution is 7.89. The second-order valence-corrected chi connectivity index (χ2v) is 8.11. The molecule has 9 heteroatoms. The molecular formula is C16H20F2N4O2S. The molecule has 6 nitrogen and oxygen atoms in total. The SMILES string of the molecule is Cc1ccc(N2CCN(S(=O)(=O)c3cnn(C(F)F)c3)C[C@@H]2C)cc1. The van der Waals surface area contributed by atoms with Crippen LogP contribution >= 0.6 is 0 Å². The Morgan fingerprint density at radius 3 is 2.44 bits per heavy atom. The van der Waals surface area contributed by atoms with E-state index < -0.39 is 16.6 Å². The Labute approximate surface area is 145 Å². The highest BCUT2D eigenvalue weighted by Crippen LogP contribution is 2.25. The van der Waals surface area contributed by atoms with Crippen LogP contribution < -0.4 is 4.90 Å². The maximum absolute atomic E-state index is 12.7. The Bertz CT molecular complexity index is 836. The van der Waals surface area contributed by atoms with Gasteiger partial charge in [0.2, 0.25) is 10.0 Å². The molecule has 136 valence electrons. The second kappa shape index (κ2) is 6.72. The lowest BCUT2D eigenvalue weighted by molar-refractivity contribution is 0.0563. The van der Waals surface area contributed by atoms with Gasteiger partial charge in [-0.15, -0.1) is 0 Å². The van der Waals surface area contributed by atoms with E-state index in [0.717, 1.165) is 23.6 Å². The third-order valence-corrected chi connectivity index (χ3v) is 6.19. The molecule has 25 heavy (non-hydrogen) atoms. The Hall–Kier alpha value is -2.00. The van der Waals surface area contributed by atoms with Gasteiger partial charge in [-0.2, -0.15) is 18.2 Å². The molecule has 2 aromatic rings. The van der Waals surface area contributed by atoms with E-state index in [4.69, 9.17) is 0 Å². The number of anilines is 1. The van der Waals surface area contributed by atoms with Crippen molar-refractivity contribution in [1.29, 1.82) is 0 Å². The van der Waals surface area contributed by atoms with Crippen LogP contribution in [0.2, 0.25) is 0 Å². The Kier molecular flexibility index (Phi) is 4.79. The lowest BCUT2D eigenvalue weighted by Gasteiger charge is -2.40. The van der Waals surface area contributed by atoms with Crippen LogP contribution in [0.3, 0.4) is 0 Å².